The average molecular weight is 476 g/mol. The summed E-state index contributed by atoms with van der Waals surface area (Å²) in [5.74, 6) is -4.11. The molecule has 1 saturated heterocycles. The number of hydrogen-bond acceptors (Lipinski definition) is 6. The van der Waals surface area contributed by atoms with Crippen molar-refractivity contribution in [3.63, 3.8) is 0 Å². The van der Waals surface area contributed by atoms with E-state index in [0.717, 1.165) is 23.5 Å². The van der Waals surface area contributed by atoms with E-state index in [0.29, 0.717) is 13.0 Å². The monoisotopic (exact) mass is 476 g/mol. The number of imide groups is 1. The molecule has 1 N–H and O–H groups in total. The van der Waals surface area contributed by atoms with Gasteiger partial charge < -0.3 is 5.32 Å². The van der Waals surface area contributed by atoms with E-state index < -0.39 is 34.8 Å². The van der Waals surface area contributed by atoms with Gasteiger partial charge >= 0.3 is 0 Å². The highest BCUT2D eigenvalue weighted by molar-refractivity contribution is 6.22. The lowest BCUT2D eigenvalue weighted by molar-refractivity contribution is 0.0485. The molecule has 0 spiro atoms. The Morgan fingerprint density at radius 2 is 1.66 bits per heavy atom. The highest BCUT2D eigenvalue weighted by Gasteiger charge is 2.50. The van der Waals surface area contributed by atoms with E-state index in [1.54, 1.807) is 30.3 Å². The van der Waals surface area contributed by atoms with E-state index in [1.807, 2.05) is 6.92 Å². The van der Waals surface area contributed by atoms with Gasteiger partial charge in [0.1, 0.15) is 5.54 Å². The highest BCUT2D eigenvalue weighted by Crippen LogP contribution is 2.36. The van der Waals surface area contributed by atoms with E-state index in [-0.39, 0.29) is 40.5 Å². The minimum atomic E-state index is -1.40. The number of carbonyl (C=O) groups is 3. The van der Waals surface area contributed by atoms with Crippen molar-refractivity contribution in [1.82, 2.24) is 20.2 Å². The van der Waals surface area contributed by atoms with Crippen LogP contribution >= 0.6 is 0 Å². The van der Waals surface area contributed by atoms with Crippen LogP contribution in [-0.4, -0.2) is 51.1 Å². The van der Waals surface area contributed by atoms with Crippen LogP contribution in [0.25, 0.3) is 11.4 Å². The molecule has 1 aromatic heterocycles. The number of piperidine rings is 1. The van der Waals surface area contributed by atoms with E-state index in [9.17, 15) is 23.2 Å². The first-order valence-electron chi connectivity index (χ1n) is 11.3. The molecule has 2 aliphatic rings. The number of aromatic nitrogens is 2. The largest absolute Gasteiger partial charge is 0.303 e. The van der Waals surface area contributed by atoms with Gasteiger partial charge in [-0.15, -0.1) is 0 Å². The number of rotatable bonds is 5. The number of nitrogens with one attached hydrogen (secondary N) is 1. The van der Waals surface area contributed by atoms with Crippen LogP contribution in [0.3, 0.4) is 0 Å². The van der Waals surface area contributed by atoms with Crippen molar-refractivity contribution in [2.45, 2.75) is 25.3 Å². The molecule has 0 aliphatic carbocycles. The van der Waals surface area contributed by atoms with Gasteiger partial charge in [0.25, 0.3) is 11.8 Å². The molecule has 3 aromatic rings. The Balaban J connectivity index is 1.62. The van der Waals surface area contributed by atoms with E-state index in [2.05, 4.69) is 15.3 Å². The number of halogens is 2. The number of nitrogens with zero attached hydrogens (tertiary/aromatic N) is 3. The molecule has 9 heteroatoms. The first kappa shape index (κ1) is 22.9. The van der Waals surface area contributed by atoms with Crippen LogP contribution in [0.5, 0.6) is 0 Å². The molecule has 0 unspecified atom stereocenters. The maximum absolute atomic E-state index is 14.4. The van der Waals surface area contributed by atoms with Crippen LogP contribution in [0, 0.1) is 17.6 Å². The van der Waals surface area contributed by atoms with Crippen LogP contribution < -0.4 is 5.32 Å². The normalized spacial score (nSPS) is 21.8. The molecule has 2 atom stereocenters. The summed E-state index contributed by atoms with van der Waals surface area (Å²) in [5.41, 5.74) is -0.937. The second-order valence-electron chi connectivity index (χ2n) is 8.90. The van der Waals surface area contributed by atoms with Crippen LogP contribution in [-0.2, 0) is 0 Å². The van der Waals surface area contributed by atoms with Crippen molar-refractivity contribution in [1.29, 1.82) is 0 Å². The molecular weight excluding hydrogens is 454 g/mol. The van der Waals surface area contributed by atoms with Gasteiger partial charge in [-0.3, -0.25) is 19.3 Å². The standard InChI is InChI=1S/C26H22F2N4O3/c1-15-6-4-11-31-26(15,14-32-24(34)16-7-2-3-8-17(16)25(32)35)22(33)18-12-20(27)21(28)13-19(18)23-29-9-5-10-30-23/h2-3,5,7-10,12-13,15,31H,4,6,11,14H2,1H3/t15-,26-/m1/s1. The van der Waals surface area contributed by atoms with Gasteiger partial charge in [0, 0.05) is 23.5 Å². The number of benzene rings is 2. The number of ketones is 1. The van der Waals surface area contributed by atoms with Crippen LogP contribution in [0.15, 0.2) is 54.9 Å². The molecule has 5 rings (SSSR count). The van der Waals surface area contributed by atoms with E-state index in [4.69, 9.17) is 0 Å². The molecule has 3 heterocycles. The second kappa shape index (κ2) is 8.74. The smallest absolute Gasteiger partial charge is 0.261 e. The van der Waals surface area contributed by atoms with Gasteiger partial charge in [-0.2, -0.15) is 0 Å². The fourth-order valence-electron chi connectivity index (χ4n) is 4.96. The van der Waals surface area contributed by atoms with Gasteiger partial charge in [-0.05, 0) is 55.6 Å². The molecule has 0 radical (unpaired) electrons. The summed E-state index contributed by atoms with van der Waals surface area (Å²) >= 11 is 0. The molecule has 2 amide bonds. The van der Waals surface area contributed by atoms with Gasteiger partial charge in [0.05, 0.1) is 17.7 Å². The molecule has 1 fully saturated rings. The molecule has 35 heavy (non-hydrogen) atoms. The topological polar surface area (TPSA) is 92.3 Å². The number of amides is 2. The minimum absolute atomic E-state index is 0.0378. The highest BCUT2D eigenvalue weighted by atomic mass is 19.2. The molecule has 178 valence electrons. The van der Waals surface area contributed by atoms with E-state index in [1.165, 1.54) is 12.4 Å². The van der Waals surface area contributed by atoms with Crippen LogP contribution in [0.1, 0.15) is 50.8 Å². The Kier molecular flexibility index (Phi) is 5.72. The van der Waals surface area contributed by atoms with Gasteiger partial charge in [0.15, 0.2) is 23.2 Å². The van der Waals surface area contributed by atoms with Crippen molar-refractivity contribution >= 4 is 17.6 Å². The summed E-state index contributed by atoms with van der Waals surface area (Å²) in [6.45, 7) is 2.06. The second-order valence-corrected chi connectivity index (χ2v) is 8.90. The molecule has 7 nitrogen and oxygen atoms in total. The van der Waals surface area contributed by atoms with Gasteiger partial charge in [-0.1, -0.05) is 19.1 Å². The molecule has 2 aromatic carbocycles. The third-order valence-corrected chi connectivity index (χ3v) is 6.90. The van der Waals surface area contributed by atoms with Crippen LogP contribution in [0.4, 0.5) is 8.78 Å². The quantitative estimate of drug-likeness (QED) is 0.446. The fourth-order valence-corrected chi connectivity index (χ4v) is 4.96. The lowest BCUT2D eigenvalue weighted by atomic mass is 9.73. The van der Waals surface area contributed by atoms with Crippen molar-refractivity contribution in [3.8, 4) is 11.4 Å². The zero-order valence-corrected chi connectivity index (χ0v) is 18.9. The van der Waals surface area contributed by atoms with Gasteiger partial charge in [0.2, 0.25) is 0 Å². The predicted molar refractivity (Wildman–Crippen MR) is 123 cm³/mol. The van der Waals surface area contributed by atoms with Crippen LogP contribution in [0.2, 0.25) is 0 Å². The average Bonchev–Trinajstić information content (AvgIpc) is 3.11. The summed E-state index contributed by atoms with van der Waals surface area (Å²) in [5, 5.41) is 3.24. The Hall–Kier alpha value is -3.85. The number of Topliss-reactive ketones (excluding diaryl/α,β-unsaturated/α-hetero) is 1. The number of fused-ring (bicyclic) bond motifs is 1. The maximum Gasteiger partial charge on any atom is 0.261 e. The summed E-state index contributed by atoms with van der Waals surface area (Å²) in [6, 6.07) is 9.80. The lowest BCUT2D eigenvalue weighted by Gasteiger charge is -2.44. The molecule has 0 bridgehead atoms. The van der Waals surface area contributed by atoms with Crippen molar-refractivity contribution in [3.05, 3.63) is 83.2 Å². The number of carbonyl (C=O) groups excluding carboxylic acids is 3. The van der Waals surface area contributed by atoms with Crippen molar-refractivity contribution < 1.29 is 23.2 Å². The molecular formula is C26H22F2N4O3. The van der Waals surface area contributed by atoms with E-state index >= 15 is 0 Å². The Bertz CT molecular complexity index is 1310. The third-order valence-electron chi connectivity index (χ3n) is 6.90. The first-order chi connectivity index (χ1) is 16.8. The third kappa shape index (κ3) is 3.72. The first-order valence-corrected chi connectivity index (χ1v) is 11.3. The molecule has 2 aliphatic heterocycles. The Morgan fingerprint density at radius 1 is 1.03 bits per heavy atom. The SMILES string of the molecule is C[C@@H]1CCCN[C@@]1(CN1C(=O)c2ccccc2C1=O)C(=O)c1cc(F)c(F)cc1-c1ncccn1. The lowest BCUT2D eigenvalue weighted by Crippen LogP contribution is -2.65. The summed E-state index contributed by atoms with van der Waals surface area (Å²) in [6.07, 6.45) is 4.30. The summed E-state index contributed by atoms with van der Waals surface area (Å²) in [4.78, 5) is 49.7. The maximum atomic E-state index is 14.4. The molecule has 0 saturated carbocycles. The fraction of sp³-hybridized carbons (Fsp3) is 0.269. The van der Waals surface area contributed by atoms with Crippen molar-refractivity contribution in [2.24, 2.45) is 5.92 Å². The Morgan fingerprint density at radius 3 is 2.29 bits per heavy atom. The summed E-state index contributed by atoms with van der Waals surface area (Å²) in [7, 11) is 0. The van der Waals surface area contributed by atoms with Gasteiger partial charge in [-0.25, -0.2) is 18.7 Å². The zero-order valence-electron chi connectivity index (χ0n) is 18.9. The Labute approximate surface area is 200 Å². The zero-order chi connectivity index (χ0) is 24.7. The minimum Gasteiger partial charge on any atom is -0.303 e. The predicted octanol–water partition coefficient (Wildman–Crippen LogP) is 3.66. The summed E-state index contributed by atoms with van der Waals surface area (Å²) < 4.78 is 28.7. The van der Waals surface area contributed by atoms with Crippen molar-refractivity contribution in [2.75, 3.05) is 13.1 Å². The number of hydrogen-bond donors (Lipinski definition) is 1.